The molecule has 1 aliphatic carbocycles. The third kappa shape index (κ3) is 2.78. The zero-order valence-electron chi connectivity index (χ0n) is 8.66. The van der Waals surface area contributed by atoms with Crippen molar-refractivity contribution in [1.29, 1.82) is 0 Å². The lowest BCUT2D eigenvalue weighted by molar-refractivity contribution is 0.443. The van der Waals surface area contributed by atoms with E-state index in [1.165, 1.54) is 12.8 Å². The van der Waals surface area contributed by atoms with Crippen LogP contribution in [-0.4, -0.2) is 20.8 Å². The van der Waals surface area contributed by atoms with Gasteiger partial charge < -0.3 is 5.73 Å². The first-order valence-corrected chi connectivity index (χ1v) is 6.59. The fourth-order valence-corrected chi connectivity index (χ4v) is 3.68. The van der Waals surface area contributed by atoms with Gasteiger partial charge in [-0.05, 0) is 19.3 Å². The third-order valence-electron chi connectivity index (χ3n) is 3.02. The molecule has 78 valence electrons. The molecule has 0 saturated heterocycles. The van der Waals surface area contributed by atoms with E-state index in [2.05, 4.69) is 13.8 Å². The molecule has 0 heterocycles. The highest BCUT2D eigenvalue weighted by molar-refractivity contribution is 7.86. The number of hydrogen-bond acceptors (Lipinski definition) is 2. The summed E-state index contributed by atoms with van der Waals surface area (Å²) in [6.45, 7) is 4.16. The van der Waals surface area contributed by atoms with Gasteiger partial charge in [-0.1, -0.05) is 26.7 Å². The summed E-state index contributed by atoms with van der Waals surface area (Å²) in [7, 11) is -0.706. The van der Waals surface area contributed by atoms with Gasteiger partial charge in [0.15, 0.2) is 0 Å². The third-order valence-corrected chi connectivity index (χ3v) is 5.33. The van der Waals surface area contributed by atoms with Crippen LogP contribution in [0.25, 0.3) is 0 Å². The number of rotatable bonds is 3. The minimum absolute atomic E-state index is 0.184. The highest BCUT2D eigenvalue weighted by Crippen LogP contribution is 2.23. The van der Waals surface area contributed by atoms with Gasteiger partial charge in [0.25, 0.3) is 0 Å². The standard InChI is InChI=1S/C10H21NOS/c1-3-8(2)13(12)10-7-5-4-6-9(10)11/h8-10H,3-7,11H2,1-2H3. The Balaban J connectivity index is 2.53. The molecule has 4 atom stereocenters. The van der Waals surface area contributed by atoms with E-state index in [1.807, 2.05) is 0 Å². The van der Waals surface area contributed by atoms with Crippen LogP contribution in [0, 0.1) is 0 Å². The van der Waals surface area contributed by atoms with Gasteiger partial charge in [-0.15, -0.1) is 0 Å². The van der Waals surface area contributed by atoms with Gasteiger partial charge in [-0.25, -0.2) is 0 Å². The second-order valence-electron chi connectivity index (χ2n) is 4.03. The second-order valence-corrected chi connectivity index (χ2v) is 6.10. The summed E-state index contributed by atoms with van der Waals surface area (Å²) in [4.78, 5) is 0. The van der Waals surface area contributed by atoms with Crippen molar-refractivity contribution in [2.24, 2.45) is 5.73 Å². The van der Waals surface area contributed by atoms with Crippen LogP contribution in [0.5, 0.6) is 0 Å². The molecule has 0 aromatic carbocycles. The summed E-state index contributed by atoms with van der Waals surface area (Å²) in [5.41, 5.74) is 5.98. The van der Waals surface area contributed by atoms with Gasteiger partial charge in [0.2, 0.25) is 0 Å². The van der Waals surface area contributed by atoms with E-state index < -0.39 is 10.8 Å². The van der Waals surface area contributed by atoms with Crippen molar-refractivity contribution < 1.29 is 4.21 Å². The predicted octanol–water partition coefficient (Wildman–Crippen LogP) is 1.80. The summed E-state index contributed by atoms with van der Waals surface area (Å²) in [6.07, 6.45) is 5.55. The lowest BCUT2D eigenvalue weighted by atomic mass is 9.96. The average molecular weight is 203 g/mol. The normalized spacial score (nSPS) is 34.1. The van der Waals surface area contributed by atoms with E-state index in [9.17, 15) is 4.21 Å². The van der Waals surface area contributed by atoms with Gasteiger partial charge >= 0.3 is 0 Å². The van der Waals surface area contributed by atoms with Crippen LogP contribution < -0.4 is 5.73 Å². The van der Waals surface area contributed by atoms with E-state index in [1.54, 1.807) is 0 Å². The molecule has 4 unspecified atom stereocenters. The monoisotopic (exact) mass is 203 g/mol. The fourth-order valence-electron chi connectivity index (χ4n) is 1.88. The Kier molecular flexibility index (Phi) is 4.39. The second kappa shape index (κ2) is 5.11. The molecule has 2 nitrogen and oxygen atoms in total. The molecule has 0 bridgehead atoms. The van der Waals surface area contributed by atoms with Crippen LogP contribution in [0.1, 0.15) is 46.0 Å². The first kappa shape index (κ1) is 11.2. The van der Waals surface area contributed by atoms with Crippen molar-refractivity contribution in [2.45, 2.75) is 62.5 Å². The molecule has 2 N–H and O–H groups in total. The number of hydrogen-bond donors (Lipinski definition) is 1. The summed E-state index contributed by atoms with van der Waals surface area (Å²) >= 11 is 0. The van der Waals surface area contributed by atoms with Crippen molar-refractivity contribution in [1.82, 2.24) is 0 Å². The van der Waals surface area contributed by atoms with E-state index >= 15 is 0 Å². The fraction of sp³-hybridized carbons (Fsp3) is 1.00. The highest BCUT2D eigenvalue weighted by atomic mass is 32.2. The highest BCUT2D eigenvalue weighted by Gasteiger charge is 2.29. The van der Waals surface area contributed by atoms with Crippen LogP contribution in [-0.2, 0) is 10.8 Å². The SMILES string of the molecule is CCC(C)S(=O)C1CCCCC1N. The van der Waals surface area contributed by atoms with Crippen LogP contribution in [0.15, 0.2) is 0 Å². The minimum atomic E-state index is -0.706. The maximum absolute atomic E-state index is 12.0. The Hall–Kier alpha value is 0.110. The van der Waals surface area contributed by atoms with Crippen molar-refractivity contribution in [3.05, 3.63) is 0 Å². The molecule has 0 aromatic rings. The molecule has 1 aliphatic rings. The summed E-state index contributed by atoms with van der Waals surface area (Å²) in [6, 6.07) is 0.184. The zero-order chi connectivity index (χ0) is 9.84. The maximum Gasteiger partial charge on any atom is 0.0501 e. The van der Waals surface area contributed by atoms with Crippen molar-refractivity contribution in [2.75, 3.05) is 0 Å². The van der Waals surface area contributed by atoms with Crippen molar-refractivity contribution >= 4 is 10.8 Å². The van der Waals surface area contributed by atoms with Gasteiger partial charge in [-0.2, -0.15) is 0 Å². The van der Waals surface area contributed by atoms with Gasteiger partial charge in [0.05, 0.1) is 5.25 Å². The Bertz CT molecular complexity index is 184. The molecule has 1 saturated carbocycles. The number of nitrogens with two attached hydrogens (primary N) is 1. The summed E-state index contributed by atoms with van der Waals surface area (Å²) in [5.74, 6) is 0. The first-order chi connectivity index (χ1) is 6.16. The maximum atomic E-state index is 12.0. The van der Waals surface area contributed by atoms with Crippen LogP contribution in [0.2, 0.25) is 0 Å². The molecule has 0 aromatic heterocycles. The Morgan fingerprint density at radius 2 is 2.08 bits per heavy atom. The molecule has 0 radical (unpaired) electrons. The average Bonchev–Trinajstić information content (AvgIpc) is 2.16. The molecule has 1 fully saturated rings. The topological polar surface area (TPSA) is 43.1 Å². The molecule has 0 amide bonds. The summed E-state index contributed by atoms with van der Waals surface area (Å²) < 4.78 is 12.0. The Morgan fingerprint density at radius 3 is 2.62 bits per heavy atom. The van der Waals surface area contributed by atoms with E-state index in [4.69, 9.17) is 5.73 Å². The molecular formula is C10H21NOS. The van der Waals surface area contributed by atoms with Gasteiger partial charge in [0.1, 0.15) is 0 Å². The van der Waals surface area contributed by atoms with Crippen LogP contribution >= 0.6 is 0 Å². The molecule has 0 spiro atoms. The molecule has 0 aliphatic heterocycles. The van der Waals surface area contributed by atoms with Crippen LogP contribution in [0.4, 0.5) is 0 Å². The lowest BCUT2D eigenvalue weighted by Gasteiger charge is -2.29. The van der Waals surface area contributed by atoms with Crippen molar-refractivity contribution in [3.8, 4) is 0 Å². The van der Waals surface area contributed by atoms with Crippen molar-refractivity contribution in [3.63, 3.8) is 0 Å². The van der Waals surface area contributed by atoms with E-state index in [0.29, 0.717) is 5.25 Å². The zero-order valence-corrected chi connectivity index (χ0v) is 9.48. The minimum Gasteiger partial charge on any atom is -0.327 e. The predicted molar refractivity (Wildman–Crippen MR) is 58.1 cm³/mol. The van der Waals surface area contributed by atoms with Gasteiger partial charge in [-0.3, -0.25) is 4.21 Å². The van der Waals surface area contributed by atoms with E-state index in [0.717, 1.165) is 19.3 Å². The molecule has 1 rings (SSSR count). The Morgan fingerprint density at radius 1 is 1.46 bits per heavy atom. The smallest absolute Gasteiger partial charge is 0.0501 e. The molecule has 13 heavy (non-hydrogen) atoms. The van der Waals surface area contributed by atoms with E-state index in [-0.39, 0.29) is 11.3 Å². The summed E-state index contributed by atoms with van der Waals surface area (Å²) in [5, 5.41) is 0.581. The largest absolute Gasteiger partial charge is 0.327 e. The van der Waals surface area contributed by atoms with Gasteiger partial charge in [0, 0.05) is 22.1 Å². The molecule has 3 heteroatoms. The van der Waals surface area contributed by atoms with Crippen LogP contribution in [0.3, 0.4) is 0 Å². The lowest BCUT2D eigenvalue weighted by Crippen LogP contribution is -2.42. The molecular weight excluding hydrogens is 182 g/mol. The first-order valence-electron chi connectivity index (χ1n) is 5.31. The quantitative estimate of drug-likeness (QED) is 0.760. The Labute approximate surface area is 83.7 Å².